The molecule has 144 valence electrons. The van der Waals surface area contributed by atoms with Crippen molar-refractivity contribution in [2.75, 3.05) is 24.5 Å². The lowest BCUT2D eigenvalue weighted by molar-refractivity contribution is -0.117. The van der Waals surface area contributed by atoms with E-state index in [0.717, 1.165) is 0 Å². The van der Waals surface area contributed by atoms with Crippen molar-refractivity contribution < 1.29 is 14.4 Å². The van der Waals surface area contributed by atoms with E-state index in [1.165, 1.54) is 10.5 Å². The van der Waals surface area contributed by atoms with E-state index in [9.17, 15) is 14.4 Å². The second kappa shape index (κ2) is 6.78. The lowest BCUT2D eigenvalue weighted by Crippen LogP contribution is -2.30. The van der Waals surface area contributed by atoms with Crippen LogP contribution in [-0.2, 0) is 4.79 Å². The number of likely N-dealkylation sites (tertiary alicyclic amines) is 1. The molecule has 2 aromatic carbocycles. The van der Waals surface area contributed by atoms with E-state index in [-0.39, 0.29) is 29.7 Å². The third kappa shape index (κ3) is 3.26. The number of hydrogen-bond acceptors (Lipinski definition) is 3. The molecule has 2 aromatic rings. The average Bonchev–Trinajstić information content (AvgIpc) is 3.19. The Kier molecular flexibility index (Phi) is 4.41. The van der Waals surface area contributed by atoms with Crippen molar-refractivity contribution in [1.82, 2.24) is 10.2 Å². The van der Waals surface area contributed by atoms with Gasteiger partial charge < -0.3 is 4.90 Å². The molecule has 2 saturated heterocycles. The van der Waals surface area contributed by atoms with Gasteiger partial charge in [-0.2, -0.15) is 0 Å². The Labute approximate surface area is 164 Å². The van der Waals surface area contributed by atoms with Gasteiger partial charge in [0.15, 0.2) is 0 Å². The lowest BCUT2D eigenvalue weighted by atomic mass is 9.78. The van der Waals surface area contributed by atoms with Gasteiger partial charge in [-0.1, -0.05) is 44.2 Å². The summed E-state index contributed by atoms with van der Waals surface area (Å²) in [4.78, 5) is 39.4. The predicted octanol–water partition coefficient (Wildman–Crippen LogP) is 3.01. The van der Waals surface area contributed by atoms with Crippen LogP contribution < -0.4 is 10.2 Å². The quantitative estimate of drug-likeness (QED) is 0.836. The molecule has 2 aliphatic heterocycles. The van der Waals surface area contributed by atoms with Gasteiger partial charge in [0.05, 0.1) is 0 Å². The Hall–Kier alpha value is -3.15. The maximum absolute atomic E-state index is 13.0. The van der Waals surface area contributed by atoms with Crippen LogP contribution in [0.1, 0.15) is 35.7 Å². The second-order valence-corrected chi connectivity index (χ2v) is 8.12. The first kappa shape index (κ1) is 18.2. The van der Waals surface area contributed by atoms with Gasteiger partial charge in [-0.3, -0.25) is 19.8 Å². The Balaban J connectivity index is 1.50. The number of anilines is 1. The Bertz CT molecular complexity index is 922. The molecule has 2 aliphatic rings. The first-order valence-electron chi connectivity index (χ1n) is 9.41. The number of urea groups is 1. The number of carbonyl (C=O) groups is 3. The molecule has 6 heteroatoms. The molecule has 4 rings (SSSR count). The molecule has 2 heterocycles. The summed E-state index contributed by atoms with van der Waals surface area (Å²) in [6.45, 7) is 5.77. The highest BCUT2D eigenvalue weighted by molar-refractivity contribution is 6.12. The Morgan fingerprint density at radius 2 is 1.71 bits per heavy atom. The lowest BCUT2D eigenvalue weighted by Gasteiger charge is -2.25. The Morgan fingerprint density at radius 3 is 2.32 bits per heavy atom. The molecule has 0 saturated carbocycles. The number of amides is 4. The summed E-state index contributed by atoms with van der Waals surface area (Å²) in [5, 5.41) is 2.25. The summed E-state index contributed by atoms with van der Waals surface area (Å²) in [5.74, 6) is -0.0485. The Morgan fingerprint density at radius 1 is 1.04 bits per heavy atom. The maximum Gasteiger partial charge on any atom is 0.329 e. The predicted molar refractivity (Wildman–Crippen MR) is 106 cm³/mol. The molecule has 1 atom stereocenters. The normalized spacial score (nSPS) is 21.1. The smallest absolute Gasteiger partial charge is 0.329 e. The molecule has 4 amide bonds. The number of hydrogen-bond donors (Lipinski definition) is 1. The van der Waals surface area contributed by atoms with Gasteiger partial charge in [-0.25, -0.2) is 4.79 Å². The van der Waals surface area contributed by atoms with Crippen molar-refractivity contribution in [3.05, 3.63) is 65.7 Å². The fourth-order valence-electron chi connectivity index (χ4n) is 4.15. The largest absolute Gasteiger partial charge is 0.337 e. The zero-order valence-corrected chi connectivity index (χ0v) is 16.0. The molecule has 0 spiro atoms. The minimum absolute atomic E-state index is 0.00516. The number of nitrogens with zero attached hydrogens (tertiary/aromatic N) is 2. The fraction of sp³-hybridized carbons (Fsp3) is 0.318. The molecular formula is C22H23N3O3. The van der Waals surface area contributed by atoms with E-state index < -0.39 is 6.03 Å². The highest BCUT2D eigenvalue weighted by Gasteiger charge is 2.42. The number of imide groups is 1. The first-order chi connectivity index (χ1) is 13.3. The van der Waals surface area contributed by atoms with Crippen molar-refractivity contribution in [3.8, 4) is 0 Å². The molecule has 0 aliphatic carbocycles. The van der Waals surface area contributed by atoms with Crippen molar-refractivity contribution in [2.24, 2.45) is 5.41 Å². The molecule has 0 aromatic heterocycles. The van der Waals surface area contributed by atoms with Crippen molar-refractivity contribution in [3.63, 3.8) is 0 Å². The fourth-order valence-corrected chi connectivity index (χ4v) is 4.15. The van der Waals surface area contributed by atoms with Crippen molar-refractivity contribution >= 4 is 23.5 Å². The summed E-state index contributed by atoms with van der Waals surface area (Å²) in [7, 11) is 0. The first-order valence-corrected chi connectivity index (χ1v) is 9.41. The van der Waals surface area contributed by atoms with Crippen LogP contribution in [0.3, 0.4) is 0 Å². The van der Waals surface area contributed by atoms with Gasteiger partial charge >= 0.3 is 6.03 Å². The van der Waals surface area contributed by atoms with E-state index in [1.807, 2.05) is 23.1 Å². The molecule has 1 N–H and O–H groups in total. The summed E-state index contributed by atoms with van der Waals surface area (Å²) in [6.07, 6.45) is 0. The summed E-state index contributed by atoms with van der Waals surface area (Å²) in [6, 6.07) is 16.7. The molecule has 6 nitrogen and oxygen atoms in total. The van der Waals surface area contributed by atoms with Gasteiger partial charge in [0.1, 0.15) is 6.54 Å². The number of carbonyl (C=O) groups excluding carboxylic acids is 3. The number of rotatable bonds is 3. The third-order valence-electron chi connectivity index (χ3n) is 5.65. The van der Waals surface area contributed by atoms with Crippen LogP contribution >= 0.6 is 0 Å². The van der Waals surface area contributed by atoms with Crippen LogP contribution in [0.4, 0.5) is 10.5 Å². The van der Waals surface area contributed by atoms with Gasteiger partial charge in [-0.15, -0.1) is 0 Å². The molecule has 0 radical (unpaired) electrons. The van der Waals surface area contributed by atoms with E-state index in [1.54, 1.807) is 24.3 Å². The second-order valence-electron chi connectivity index (χ2n) is 8.12. The summed E-state index contributed by atoms with van der Waals surface area (Å²) >= 11 is 0. The topological polar surface area (TPSA) is 69.7 Å². The highest BCUT2D eigenvalue weighted by atomic mass is 16.2. The summed E-state index contributed by atoms with van der Waals surface area (Å²) in [5.41, 5.74) is 2.43. The minimum atomic E-state index is -0.434. The molecule has 0 bridgehead atoms. The van der Waals surface area contributed by atoms with Crippen LogP contribution in [0.25, 0.3) is 0 Å². The summed E-state index contributed by atoms with van der Waals surface area (Å²) < 4.78 is 0. The van der Waals surface area contributed by atoms with Gasteiger partial charge in [0, 0.05) is 30.3 Å². The maximum atomic E-state index is 13.0. The monoisotopic (exact) mass is 377 g/mol. The van der Waals surface area contributed by atoms with Crippen LogP contribution in [0.2, 0.25) is 0 Å². The molecule has 2 fully saturated rings. The zero-order chi connectivity index (χ0) is 19.9. The number of benzene rings is 2. The molecule has 0 unspecified atom stereocenters. The average molecular weight is 377 g/mol. The molecule has 28 heavy (non-hydrogen) atoms. The minimum Gasteiger partial charge on any atom is -0.337 e. The van der Waals surface area contributed by atoms with E-state index in [2.05, 4.69) is 31.3 Å². The van der Waals surface area contributed by atoms with Gasteiger partial charge in [0.25, 0.3) is 5.91 Å². The van der Waals surface area contributed by atoms with Crippen LogP contribution in [-0.4, -0.2) is 42.4 Å². The number of nitrogens with one attached hydrogen (secondary N) is 1. The van der Waals surface area contributed by atoms with E-state index in [4.69, 9.17) is 0 Å². The van der Waals surface area contributed by atoms with Crippen LogP contribution in [0, 0.1) is 5.41 Å². The van der Waals surface area contributed by atoms with Gasteiger partial charge in [-0.05, 0) is 35.2 Å². The van der Waals surface area contributed by atoms with Crippen LogP contribution in [0.15, 0.2) is 54.6 Å². The van der Waals surface area contributed by atoms with Crippen molar-refractivity contribution in [2.45, 2.75) is 19.8 Å². The standard InChI is InChI=1S/C22H23N3O3/c1-22(2)14-24(12-18(22)15-6-4-3-5-7-15)20(27)16-8-10-17(11-9-16)25-13-19(26)23-21(25)28/h3-11,18H,12-14H2,1-2H3,(H,23,26,28)/t18-/m1/s1. The zero-order valence-electron chi connectivity index (χ0n) is 16.0. The SMILES string of the molecule is CC1(C)CN(C(=O)c2ccc(N3CC(=O)NC3=O)cc2)C[C@@H]1c1ccccc1. The molecular weight excluding hydrogens is 354 g/mol. The third-order valence-corrected chi connectivity index (χ3v) is 5.65. The van der Waals surface area contributed by atoms with E-state index >= 15 is 0 Å². The highest BCUT2D eigenvalue weighted by Crippen LogP contribution is 2.42. The van der Waals surface area contributed by atoms with Crippen molar-refractivity contribution in [1.29, 1.82) is 0 Å². The van der Waals surface area contributed by atoms with Gasteiger partial charge in [0.2, 0.25) is 5.91 Å². The van der Waals surface area contributed by atoms with E-state index in [0.29, 0.717) is 24.3 Å². The van der Waals surface area contributed by atoms with Crippen LogP contribution in [0.5, 0.6) is 0 Å².